The largest absolute Gasteiger partial charge is 0.490 e. The van der Waals surface area contributed by atoms with Gasteiger partial charge in [-0.15, -0.1) is 0 Å². The summed E-state index contributed by atoms with van der Waals surface area (Å²) in [4.78, 5) is 12.4. The summed E-state index contributed by atoms with van der Waals surface area (Å²) >= 11 is 0. The Morgan fingerprint density at radius 2 is 1.82 bits per heavy atom. The number of hydrogen-bond donors (Lipinski definition) is 0. The highest BCUT2D eigenvalue weighted by Gasteiger charge is 2.26. The van der Waals surface area contributed by atoms with Gasteiger partial charge in [-0.3, -0.25) is 4.79 Å². The van der Waals surface area contributed by atoms with Gasteiger partial charge in [-0.2, -0.15) is 0 Å². The third kappa shape index (κ3) is 3.47. The molecule has 1 heterocycles. The smallest absolute Gasteiger partial charge is 0.272 e. The number of nitrogens with zero attached hydrogens (tertiary/aromatic N) is 2. The lowest BCUT2D eigenvalue weighted by molar-refractivity contribution is 0.0997. The predicted molar refractivity (Wildman–Crippen MR) is 91.5 cm³/mol. The van der Waals surface area contributed by atoms with Crippen molar-refractivity contribution in [3.05, 3.63) is 27.7 Å². The van der Waals surface area contributed by atoms with Gasteiger partial charge in [-0.1, -0.05) is 20.8 Å². The van der Waals surface area contributed by atoms with Crippen LogP contribution in [-0.2, 0) is 6.42 Å². The van der Waals surface area contributed by atoms with Crippen LogP contribution in [0.1, 0.15) is 51.3 Å². The molecule has 2 rings (SSSR count). The van der Waals surface area contributed by atoms with Crippen molar-refractivity contribution in [2.24, 2.45) is 11.8 Å². The van der Waals surface area contributed by atoms with Crippen LogP contribution >= 0.6 is 0 Å². The van der Waals surface area contributed by atoms with Gasteiger partial charge in [0.05, 0.1) is 6.10 Å². The van der Waals surface area contributed by atoms with Crippen LogP contribution < -0.4 is 15.3 Å². The first-order valence-corrected chi connectivity index (χ1v) is 8.43. The van der Waals surface area contributed by atoms with Crippen LogP contribution in [0.2, 0.25) is 0 Å². The molecule has 0 aromatic carbocycles. The lowest BCUT2D eigenvalue weighted by atomic mass is 9.82. The van der Waals surface area contributed by atoms with Crippen molar-refractivity contribution >= 4 is 0 Å². The zero-order valence-electron chi connectivity index (χ0n) is 14.8. The van der Waals surface area contributed by atoms with Crippen LogP contribution in [0, 0.1) is 18.8 Å². The normalized spacial score (nSPS) is 25.1. The highest BCUT2D eigenvalue weighted by molar-refractivity contribution is 5.37. The molecule has 1 aromatic heterocycles. The second kappa shape index (κ2) is 6.76. The minimum atomic E-state index is -0.0217. The molecule has 4 heteroatoms. The third-order valence-electron chi connectivity index (χ3n) is 4.70. The molecule has 22 heavy (non-hydrogen) atoms. The van der Waals surface area contributed by atoms with E-state index >= 15 is 0 Å². The number of rotatable bonds is 4. The molecule has 0 radical (unpaired) electrons. The second-order valence-corrected chi connectivity index (χ2v) is 7.08. The molecule has 0 N–H and O–H groups in total. The highest BCUT2D eigenvalue weighted by Crippen LogP contribution is 2.32. The van der Waals surface area contributed by atoms with Gasteiger partial charge in [0.15, 0.2) is 0 Å². The Morgan fingerprint density at radius 3 is 2.32 bits per heavy atom. The highest BCUT2D eigenvalue weighted by atomic mass is 16.5. The second-order valence-electron chi connectivity index (χ2n) is 7.08. The Balaban J connectivity index is 2.33. The van der Waals surface area contributed by atoms with Gasteiger partial charge in [0.2, 0.25) is 0 Å². The molecule has 2 atom stereocenters. The Bertz CT molecular complexity index is 567. The summed E-state index contributed by atoms with van der Waals surface area (Å²) in [6, 6.07) is 1.66. The molecule has 1 aliphatic rings. The number of aromatic nitrogens is 1. The van der Waals surface area contributed by atoms with Crippen molar-refractivity contribution < 1.29 is 4.74 Å². The monoisotopic (exact) mass is 306 g/mol. The minimum absolute atomic E-state index is 0.0217. The summed E-state index contributed by atoms with van der Waals surface area (Å²) in [5, 5.41) is 1.82. The lowest BCUT2D eigenvalue weighted by Gasteiger charge is -2.32. The molecule has 2 unspecified atom stereocenters. The van der Waals surface area contributed by atoms with Gasteiger partial charge in [-0.25, -0.2) is 4.68 Å². The molecule has 4 nitrogen and oxygen atoms in total. The third-order valence-corrected chi connectivity index (χ3v) is 4.70. The Hall–Kier alpha value is -1.45. The quantitative estimate of drug-likeness (QED) is 0.857. The Kier molecular flexibility index (Phi) is 5.20. The van der Waals surface area contributed by atoms with Crippen molar-refractivity contribution in [3.8, 4) is 5.75 Å². The fraction of sp³-hybridized carbons (Fsp3) is 0.722. The van der Waals surface area contributed by atoms with Gasteiger partial charge in [0.25, 0.3) is 5.56 Å². The number of hydrogen-bond acceptors (Lipinski definition) is 3. The van der Waals surface area contributed by atoms with Crippen LogP contribution in [0.3, 0.4) is 0 Å². The maximum atomic E-state index is 12.4. The van der Waals surface area contributed by atoms with Crippen LogP contribution in [0.5, 0.6) is 5.75 Å². The maximum Gasteiger partial charge on any atom is 0.272 e. The molecule has 0 spiro atoms. The molecule has 0 aliphatic heterocycles. The topological polar surface area (TPSA) is 34.5 Å². The molecular weight excluding hydrogens is 276 g/mol. The molecule has 1 fully saturated rings. The standard InChI is InChI=1S/C18H30N2O2/c1-7-16-14(4)20(19(5)6)18(21)11-17(16)22-15-9-12(2)8-13(3)10-15/h11-13,15H,7-10H2,1-6H3. The van der Waals surface area contributed by atoms with E-state index < -0.39 is 0 Å². The molecular formula is C18H30N2O2. The molecule has 124 valence electrons. The summed E-state index contributed by atoms with van der Waals surface area (Å²) in [7, 11) is 3.78. The van der Waals surface area contributed by atoms with E-state index in [1.54, 1.807) is 10.7 Å². The van der Waals surface area contributed by atoms with E-state index in [0.29, 0.717) is 11.8 Å². The van der Waals surface area contributed by atoms with Gasteiger partial charge in [-0.05, 0) is 44.4 Å². The van der Waals surface area contributed by atoms with Gasteiger partial charge >= 0.3 is 0 Å². The molecule has 0 bridgehead atoms. The van der Waals surface area contributed by atoms with Crippen LogP contribution in [-0.4, -0.2) is 24.9 Å². The van der Waals surface area contributed by atoms with Gasteiger partial charge in [0, 0.05) is 31.4 Å². The first kappa shape index (κ1) is 16.9. The summed E-state index contributed by atoms with van der Waals surface area (Å²) in [5.74, 6) is 2.18. The van der Waals surface area contributed by atoms with E-state index in [2.05, 4.69) is 20.8 Å². The zero-order valence-corrected chi connectivity index (χ0v) is 14.8. The number of ether oxygens (including phenoxy) is 1. The van der Waals surface area contributed by atoms with Crippen LogP contribution in [0.4, 0.5) is 0 Å². The average molecular weight is 306 g/mol. The van der Waals surface area contributed by atoms with Gasteiger partial charge < -0.3 is 9.75 Å². The van der Waals surface area contributed by atoms with Crippen LogP contribution in [0.25, 0.3) is 0 Å². The fourth-order valence-electron chi connectivity index (χ4n) is 3.91. The van der Waals surface area contributed by atoms with Gasteiger partial charge in [0.1, 0.15) is 5.75 Å². The van der Waals surface area contributed by atoms with E-state index in [1.165, 1.54) is 6.42 Å². The van der Waals surface area contributed by atoms with E-state index in [1.807, 2.05) is 26.0 Å². The van der Waals surface area contributed by atoms with Crippen molar-refractivity contribution in [3.63, 3.8) is 0 Å². The Morgan fingerprint density at radius 1 is 1.23 bits per heavy atom. The SMILES string of the molecule is CCc1c(OC2CC(C)CC(C)C2)cc(=O)n(N(C)C)c1C. The van der Waals surface area contributed by atoms with Crippen LogP contribution in [0.15, 0.2) is 10.9 Å². The molecule has 1 saturated carbocycles. The summed E-state index contributed by atoms with van der Waals surface area (Å²) in [6.45, 7) is 8.70. The van der Waals surface area contributed by atoms with Crippen molar-refractivity contribution in [2.75, 3.05) is 19.1 Å². The van der Waals surface area contributed by atoms with Crippen molar-refractivity contribution in [1.29, 1.82) is 0 Å². The van der Waals surface area contributed by atoms with E-state index in [0.717, 1.165) is 36.3 Å². The lowest BCUT2D eigenvalue weighted by Crippen LogP contribution is -2.38. The maximum absolute atomic E-state index is 12.4. The first-order chi connectivity index (χ1) is 10.3. The predicted octanol–water partition coefficient (Wildman–Crippen LogP) is 3.12. The average Bonchev–Trinajstić information content (AvgIpc) is 2.36. The van der Waals surface area contributed by atoms with E-state index in [-0.39, 0.29) is 11.7 Å². The Labute approximate surface area is 134 Å². The van der Waals surface area contributed by atoms with E-state index in [4.69, 9.17) is 4.74 Å². The number of pyridine rings is 1. The van der Waals surface area contributed by atoms with E-state index in [9.17, 15) is 4.79 Å². The van der Waals surface area contributed by atoms with Crippen molar-refractivity contribution in [1.82, 2.24) is 4.68 Å². The minimum Gasteiger partial charge on any atom is -0.490 e. The molecule has 1 aliphatic carbocycles. The zero-order chi connectivity index (χ0) is 16.4. The molecule has 0 saturated heterocycles. The molecule has 1 aromatic rings. The summed E-state index contributed by atoms with van der Waals surface area (Å²) in [6.07, 6.45) is 4.56. The fourth-order valence-corrected chi connectivity index (χ4v) is 3.91. The van der Waals surface area contributed by atoms with Crippen molar-refractivity contribution in [2.45, 2.75) is 59.5 Å². The molecule has 0 amide bonds. The summed E-state index contributed by atoms with van der Waals surface area (Å²) in [5.41, 5.74) is 2.10. The first-order valence-electron chi connectivity index (χ1n) is 8.43. The summed E-state index contributed by atoms with van der Waals surface area (Å²) < 4.78 is 7.99.